The summed E-state index contributed by atoms with van der Waals surface area (Å²) in [5.41, 5.74) is 1.00. The predicted octanol–water partition coefficient (Wildman–Crippen LogP) is 2.54. The SMILES string of the molecule is COC(O)CNC(=O)C1(S(=O)(=O)N2CCC(c3ccc(OCCCC(F)(F)F)cc3)CC2)CCNCC1.Cl. The highest BCUT2D eigenvalue weighted by Crippen LogP contribution is 2.36. The van der Waals surface area contributed by atoms with Crippen LogP contribution in [0.3, 0.4) is 0 Å². The minimum absolute atomic E-state index is 0. The lowest BCUT2D eigenvalue weighted by molar-refractivity contribution is -0.136. The number of methoxy groups -OCH3 is 1. The minimum atomic E-state index is -4.20. The van der Waals surface area contributed by atoms with Gasteiger partial charge in [-0.2, -0.15) is 13.2 Å². The van der Waals surface area contributed by atoms with Crippen molar-refractivity contribution in [3.63, 3.8) is 0 Å². The van der Waals surface area contributed by atoms with Crippen molar-refractivity contribution in [3.8, 4) is 5.75 Å². The first-order valence-electron chi connectivity index (χ1n) is 12.5. The van der Waals surface area contributed by atoms with E-state index in [4.69, 9.17) is 9.47 Å². The highest BCUT2D eigenvalue weighted by Gasteiger charge is 2.54. The molecule has 2 aliphatic rings. The smallest absolute Gasteiger partial charge is 0.389 e. The number of halogens is 4. The summed E-state index contributed by atoms with van der Waals surface area (Å²) >= 11 is 0. The third-order valence-electron chi connectivity index (χ3n) is 7.05. The van der Waals surface area contributed by atoms with Crippen LogP contribution in [0.15, 0.2) is 24.3 Å². The zero-order chi connectivity index (χ0) is 27.1. The number of carbonyl (C=O) groups excluding carboxylic acids is 1. The number of benzene rings is 1. The van der Waals surface area contributed by atoms with Crippen LogP contribution in [0, 0.1) is 0 Å². The number of alkyl halides is 3. The molecular formula is C24H37ClF3N3O6S. The number of nitrogens with zero attached hydrogens (tertiary/aromatic N) is 1. The molecule has 0 radical (unpaired) electrons. The van der Waals surface area contributed by atoms with Gasteiger partial charge in [-0.25, -0.2) is 12.7 Å². The molecule has 14 heteroatoms. The third kappa shape index (κ3) is 8.18. The van der Waals surface area contributed by atoms with Crippen LogP contribution in [0.1, 0.15) is 50.0 Å². The van der Waals surface area contributed by atoms with Gasteiger partial charge in [-0.3, -0.25) is 4.79 Å². The molecule has 1 aromatic carbocycles. The first-order valence-corrected chi connectivity index (χ1v) is 13.9. The maximum atomic E-state index is 13.7. The Balaban J connectivity index is 0.00000507. The summed E-state index contributed by atoms with van der Waals surface area (Å²) in [7, 11) is -2.69. The van der Waals surface area contributed by atoms with Crippen molar-refractivity contribution in [1.29, 1.82) is 0 Å². The maximum Gasteiger partial charge on any atom is 0.389 e. The van der Waals surface area contributed by atoms with Gasteiger partial charge in [0.05, 0.1) is 13.2 Å². The van der Waals surface area contributed by atoms with E-state index in [1.165, 1.54) is 11.4 Å². The number of carbonyl (C=O) groups is 1. The number of ether oxygens (including phenoxy) is 2. The van der Waals surface area contributed by atoms with E-state index in [1.54, 1.807) is 12.1 Å². The van der Waals surface area contributed by atoms with Gasteiger partial charge in [-0.05, 0) is 68.8 Å². The van der Waals surface area contributed by atoms with Gasteiger partial charge in [0.15, 0.2) is 11.0 Å². The zero-order valence-corrected chi connectivity index (χ0v) is 23.0. The summed E-state index contributed by atoms with van der Waals surface area (Å²) in [6.07, 6.45) is -5.00. The first-order chi connectivity index (χ1) is 17.5. The summed E-state index contributed by atoms with van der Waals surface area (Å²) in [5.74, 6) is -0.0261. The van der Waals surface area contributed by atoms with Crippen LogP contribution in [0.5, 0.6) is 5.75 Å². The standard InChI is InChI=1S/C24H36F3N3O6S.ClH/c1-35-21(31)17-29-22(32)23(10-12-28-13-11-23)37(33,34)30-14-7-19(8-15-30)18-3-5-20(6-4-18)36-16-2-9-24(25,26)27;/h3-6,19,21,28,31H,2,7-17H2,1H3,(H,29,32);1H. The summed E-state index contributed by atoms with van der Waals surface area (Å²) < 4.78 is 74.2. The molecule has 0 bridgehead atoms. The van der Waals surface area contributed by atoms with Crippen molar-refractivity contribution in [2.45, 2.75) is 61.7 Å². The highest BCUT2D eigenvalue weighted by molar-refractivity contribution is 7.91. The molecule has 2 aliphatic heterocycles. The van der Waals surface area contributed by atoms with E-state index < -0.39 is 39.6 Å². The van der Waals surface area contributed by atoms with E-state index in [-0.39, 0.29) is 63.8 Å². The van der Waals surface area contributed by atoms with E-state index in [0.717, 1.165) is 5.56 Å². The van der Waals surface area contributed by atoms with Gasteiger partial charge in [0.25, 0.3) is 0 Å². The molecular weight excluding hydrogens is 551 g/mol. The van der Waals surface area contributed by atoms with Gasteiger partial charge in [0, 0.05) is 26.6 Å². The van der Waals surface area contributed by atoms with Crippen LogP contribution >= 0.6 is 12.4 Å². The lowest BCUT2D eigenvalue weighted by atomic mass is 9.90. The lowest BCUT2D eigenvalue weighted by Crippen LogP contribution is -2.62. The van der Waals surface area contributed by atoms with Crippen LogP contribution in [-0.4, -0.2) is 87.4 Å². The molecule has 1 unspecified atom stereocenters. The number of hydrogen-bond acceptors (Lipinski definition) is 7. The van der Waals surface area contributed by atoms with E-state index in [2.05, 4.69) is 10.6 Å². The monoisotopic (exact) mass is 587 g/mol. The topological polar surface area (TPSA) is 117 Å². The summed E-state index contributed by atoms with van der Waals surface area (Å²) in [5, 5.41) is 15.3. The van der Waals surface area contributed by atoms with Crippen molar-refractivity contribution >= 4 is 28.3 Å². The molecule has 3 rings (SSSR count). The van der Waals surface area contributed by atoms with Crippen LogP contribution in [0.25, 0.3) is 0 Å². The minimum Gasteiger partial charge on any atom is -0.494 e. The molecule has 2 heterocycles. The fraction of sp³-hybridized carbons (Fsp3) is 0.708. The van der Waals surface area contributed by atoms with E-state index in [1.807, 2.05) is 12.1 Å². The molecule has 2 fully saturated rings. The van der Waals surface area contributed by atoms with Crippen LogP contribution < -0.4 is 15.4 Å². The Morgan fingerprint density at radius 1 is 1.21 bits per heavy atom. The molecule has 1 amide bonds. The molecule has 0 spiro atoms. The Morgan fingerprint density at radius 2 is 1.82 bits per heavy atom. The average Bonchev–Trinajstić information content (AvgIpc) is 2.89. The lowest BCUT2D eigenvalue weighted by Gasteiger charge is -2.41. The second kappa shape index (κ2) is 14.1. The Labute approximate surface area is 227 Å². The quantitative estimate of drug-likeness (QED) is 0.269. The number of hydrogen-bond donors (Lipinski definition) is 3. The third-order valence-corrected chi connectivity index (χ3v) is 9.67. The van der Waals surface area contributed by atoms with Gasteiger partial charge in [-0.1, -0.05) is 12.1 Å². The number of rotatable bonds is 11. The number of aliphatic hydroxyl groups is 1. The Kier molecular flexibility index (Phi) is 12.1. The van der Waals surface area contributed by atoms with Gasteiger partial charge < -0.3 is 25.2 Å². The second-order valence-electron chi connectivity index (χ2n) is 9.46. The highest BCUT2D eigenvalue weighted by atomic mass is 35.5. The zero-order valence-electron chi connectivity index (χ0n) is 21.3. The molecule has 0 aliphatic carbocycles. The molecule has 2 saturated heterocycles. The summed E-state index contributed by atoms with van der Waals surface area (Å²) in [6, 6.07) is 7.15. The number of aliphatic hydroxyl groups excluding tert-OH is 1. The molecule has 218 valence electrons. The normalized spacial score (nSPS) is 19.8. The molecule has 9 nitrogen and oxygen atoms in total. The molecule has 0 saturated carbocycles. The van der Waals surface area contributed by atoms with Crippen LogP contribution in [0.2, 0.25) is 0 Å². The number of piperidine rings is 2. The van der Waals surface area contributed by atoms with E-state index in [0.29, 0.717) is 31.7 Å². The van der Waals surface area contributed by atoms with Gasteiger partial charge in [0.2, 0.25) is 15.9 Å². The Bertz CT molecular complexity index is 983. The molecule has 3 N–H and O–H groups in total. The van der Waals surface area contributed by atoms with Crippen molar-refractivity contribution in [3.05, 3.63) is 29.8 Å². The summed E-state index contributed by atoms with van der Waals surface area (Å²) in [6.45, 7) is 1.09. The van der Waals surface area contributed by atoms with Crippen LogP contribution in [-0.2, 0) is 19.6 Å². The van der Waals surface area contributed by atoms with Crippen molar-refractivity contribution < 1.29 is 41.0 Å². The largest absolute Gasteiger partial charge is 0.494 e. The van der Waals surface area contributed by atoms with Gasteiger partial charge in [-0.15, -0.1) is 12.4 Å². The Morgan fingerprint density at radius 3 is 2.37 bits per heavy atom. The molecule has 1 atom stereocenters. The second-order valence-corrected chi connectivity index (χ2v) is 11.7. The number of nitrogens with one attached hydrogen (secondary N) is 2. The van der Waals surface area contributed by atoms with E-state index >= 15 is 0 Å². The van der Waals surface area contributed by atoms with Crippen molar-refractivity contribution in [2.24, 2.45) is 0 Å². The van der Waals surface area contributed by atoms with E-state index in [9.17, 15) is 31.5 Å². The van der Waals surface area contributed by atoms with Gasteiger partial charge in [0.1, 0.15) is 5.75 Å². The molecule has 1 aromatic rings. The fourth-order valence-electron chi connectivity index (χ4n) is 4.83. The summed E-state index contributed by atoms with van der Waals surface area (Å²) in [4.78, 5) is 13.1. The first kappa shape index (κ1) is 32.6. The van der Waals surface area contributed by atoms with Crippen LogP contribution in [0.4, 0.5) is 13.2 Å². The molecule has 0 aromatic heterocycles. The van der Waals surface area contributed by atoms with Crippen molar-refractivity contribution in [1.82, 2.24) is 14.9 Å². The van der Waals surface area contributed by atoms with Crippen molar-refractivity contribution in [2.75, 3.05) is 46.4 Å². The Hall–Kier alpha value is -1.64. The van der Waals surface area contributed by atoms with Gasteiger partial charge >= 0.3 is 6.18 Å². The maximum absolute atomic E-state index is 13.7. The number of amides is 1. The number of sulfonamides is 1. The average molecular weight is 588 g/mol. The predicted molar refractivity (Wildman–Crippen MR) is 138 cm³/mol. The molecule has 38 heavy (non-hydrogen) atoms. The fourth-order valence-corrected chi connectivity index (χ4v) is 7.04.